The van der Waals surface area contributed by atoms with Gasteiger partial charge >= 0.3 is 0 Å². The van der Waals surface area contributed by atoms with Crippen molar-refractivity contribution >= 4 is 6.29 Å². The van der Waals surface area contributed by atoms with Gasteiger partial charge in [-0.2, -0.15) is 0 Å². The molecule has 1 aliphatic heterocycles. The molecule has 2 rings (SSSR count). The Bertz CT molecular complexity index is 284. The van der Waals surface area contributed by atoms with Crippen LogP contribution in [0.4, 0.5) is 0 Å². The van der Waals surface area contributed by atoms with E-state index in [9.17, 15) is 4.79 Å². The summed E-state index contributed by atoms with van der Waals surface area (Å²) in [7, 11) is 0. The van der Waals surface area contributed by atoms with Crippen LogP contribution < -0.4 is 0 Å². The molecule has 0 N–H and O–H groups in total. The number of aromatic nitrogens is 1. The number of carbonyl (C=O) groups excluding carboxylic acids is 1. The number of carbonyl (C=O) groups is 1. The van der Waals surface area contributed by atoms with Gasteiger partial charge in [0.25, 0.3) is 0 Å². The van der Waals surface area contributed by atoms with E-state index in [1.165, 1.54) is 0 Å². The topological polar surface area (TPSA) is 46.3 Å². The Labute approximate surface area is 82.9 Å². The molecule has 1 unspecified atom stereocenters. The first kappa shape index (κ1) is 9.40. The van der Waals surface area contributed by atoms with Crippen molar-refractivity contribution in [3.05, 3.63) is 18.0 Å². The zero-order chi connectivity index (χ0) is 9.80. The summed E-state index contributed by atoms with van der Waals surface area (Å²) in [5, 5.41) is 3.66. The standard InChI is InChI=1S/C10H14N2O2/c13-8-9-2-1-5-12(6-9)7-10-3-4-11-14-10/h3-4,8-9H,1-2,5-7H2. The molecule has 0 saturated carbocycles. The normalized spacial score (nSPS) is 23.6. The molecule has 1 aliphatic rings. The van der Waals surface area contributed by atoms with Gasteiger partial charge in [0.1, 0.15) is 6.29 Å². The lowest BCUT2D eigenvalue weighted by Crippen LogP contribution is -2.35. The van der Waals surface area contributed by atoms with E-state index in [4.69, 9.17) is 4.52 Å². The van der Waals surface area contributed by atoms with Crippen LogP contribution in [0.5, 0.6) is 0 Å². The van der Waals surface area contributed by atoms with Crippen LogP contribution in [0.1, 0.15) is 18.6 Å². The van der Waals surface area contributed by atoms with E-state index in [0.717, 1.165) is 44.5 Å². The molecule has 4 nitrogen and oxygen atoms in total. The van der Waals surface area contributed by atoms with Gasteiger partial charge in [0.05, 0.1) is 12.7 Å². The summed E-state index contributed by atoms with van der Waals surface area (Å²) >= 11 is 0. The lowest BCUT2D eigenvalue weighted by Gasteiger charge is -2.28. The highest BCUT2D eigenvalue weighted by atomic mass is 16.5. The summed E-state index contributed by atoms with van der Waals surface area (Å²) in [5.41, 5.74) is 0. The fraction of sp³-hybridized carbons (Fsp3) is 0.600. The minimum atomic E-state index is 0.201. The van der Waals surface area contributed by atoms with E-state index in [0.29, 0.717) is 0 Å². The number of aldehydes is 1. The fourth-order valence-corrected chi connectivity index (χ4v) is 1.89. The van der Waals surface area contributed by atoms with Gasteiger partial charge < -0.3 is 9.32 Å². The van der Waals surface area contributed by atoms with Crippen molar-refractivity contribution in [3.63, 3.8) is 0 Å². The molecule has 0 bridgehead atoms. The van der Waals surface area contributed by atoms with Crippen molar-refractivity contribution in [1.82, 2.24) is 10.1 Å². The SMILES string of the molecule is O=CC1CCCN(Cc2ccno2)C1. The lowest BCUT2D eigenvalue weighted by atomic mass is 10.00. The molecule has 0 spiro atoms. The zero-order valence-electron chi connectivity index (χ0n) is 8.06. The fourth-order valence-electron chi connectivity index (χ4n) is 1.89. The molecule has 0 aromatic carbocycles. The number of piperidine rings is 1. The predicted octanol–water partition coefficient (Wildman–Crippen LogP) is 1.09. The van der Waals surface area contributed by atoms with Crippen LogP contribution >= 0.6 is 0 Å². The summed E-state index contributed by atoms with van der Waals surface area (Å²) in [4.78, 5) is 12.9. The number of hydrogen-bond donors (Lipinski definition) is 0. The number of likely N-dealkylation sites (tertiary alicyclic amines) is 1. The molecular formula is C10H14N2O2. The summed E-state index contributed by atoms with van der Waals surface area (Å²) in [6, 6.07) is 1.87. The van der Waals surface area contributed by atoms with Gasteiger partial charge in [-0.15, -0.1) is 0 Å². The second-order valence-electron chi connectivity index (χ2n) is 3.75. The van der Waals surface area contributed by atoms with Crippen LogP contribution in [0.3, 0.4) is 0 Å². The van der Waals surface area contributed by atoms with Gasteiger partial charge in [0.2, 0.25) is 0 Å². The Hall–Kier alpha value is -1.16. The van der Waals surface area contributed by atoms with Crippen molar-refractivity contribution in [2.24, 2.45) is 5.92 Å². The van der Waals surface area contributed by atoms with Gasteiger partial charge in [-0.3, -0.25) is 4.90 Å². The van der Waals surface area contributed by atoms with Gasteiger partial charge in [-0.25, -0.2) is 0 Å². The van der Waals surface area contributed by atoms with E-state index in [2.05, 4.69) is 10.1 Å². The maximum absolute atomic E-state index is 10.6. The smallest absolute Gasteiger partial charge is 0.150 e. The van der Waals surface area contributed by atoms with Crippen LogP contribution in [-0.2, 0) is 11.3 Å². The highest BCUT2D eigenvalue weighted by Crippen LogP contribution is 2.16. The van der Waals surface area contributed by atoms with E-state index >= 15 is 0 Å². The summed E-state index contributed by atoms with van der Waals surface area (Å²) in [6.45, 7) is 2.67. The van der Waals surface area contributed by atoms with Gasteiger partial charge in [0.15, 0.2) is 5.76 Å². The van der Waals surface area contributed by atoms with Crippen LogP contribution in [0, 0.1) is 5.92 Å². The first-order chi connectivity index (χ1) is 6.88. The van der Waals surface area contributed by atoms with Gasteiger partial charge in [0, 0.05) is 18.5 Å². The van der Waals surface area contributed by atoms with E-state index in [1.54, 1.807) is 6.20 Å². The second kappa shape index (κ2) is 4.37. The molecule has 1 atom stereocenters. The zero-order valence-corrected chi connectivity index (χ0v) is 8.06. The molecule has 4 heteroatoms. The molecule has 1 aromatic heterocycles. The van der Waals surface area contributed by atoms with E-state index in [1.807, 2.05) is 6.07 Å². The molecule has 1 aromatic rings. The predicted molar refractivity (Wildman–Crippen MR) is 50.6 cm³/mol. The number of nitrogens with zero attached hydrogens (tertiary/aromatic N) is 2. The molecule has 2 heterocycles. The molecule has 1 saturated heterocycles. The Morgan fingerprint density at radius 2 is 2.64 bits per heavy atom. The Kier molecular flexibility index (Phi) is 2.93. The third-order valence-corrected chi connectivity index (χ3v) is 2.61. The summed E-state index contributed by atoms with van der Waals surface area (Å²) in [6.07, 6.45) is 4.83. The van der Waals surface area contributed by atoms with Crippen LogP contribution in [0.15, 0.2) is 16.8 Å². The van der Waals surface area contributed by atoms with Crippen LogP contribution in [0.25, 0.3) is 0 Å². The Morgan fingerprint density at radius 1 is 1.71 bits per heavy atom. The molecule has 1 fully saturated rings. The largest absolute Gasteiger partial charge is 0.360 e. The third kappa shape index (κ3) is 2.20. The van der Waals surface area contributed by atoms with Crippen molar-refractivity contribution in [1.29, 1.82) is 0 Å². The van der Waals surface area contributed by atoms with Crippen LogP contribution in [0.2, 0.25) is 0 Å². The van der Waals surface area contributed by atoms with Crippen molar-refractivity contribution in [3.8, 4) is 0 Å². The minimum absolute atomic E-state index is 0.201. The van der Waals surface area contributed by atoms with E-state index in [-0.39, 0.29) is 5.92 Å². The number of hydrogen-bond acceptors (Lipinski definition) is 4. The maximum atomic E-state index is 10.6. The second-order valence-corrected chi connectivity index (χ2v) is 3.75. The third-order valence-electron chi connectivity index (χ3n) is 2.61. The Morgan fingerprint density at radius 3 is 3.36 bits per heavy atom. The first-order valence-electron chi connectivity index (χ1n) is 4.95. The lowest BCUT2D eigenvalue weighted by molar-refractivity contribution is -0.112. The molecule has 0 amide bonds. The number of rotatable bonds is 3. The first-order valence-corrected chi connectivity index (χ1v) is 4.95. The minimum Gasteiger partial charge on any atom is -0.360 e. The molecule has 14 heavy (non-hydrogen) atoms. The molecule has 0 aliphatic carbocycles. The highest BCUT2D eigenvalue weighted by molar-refractivity contribution is 5.53. The maximum Gasteiger partial charge on any atom is 0.150 e. The summed E-state index contributed by atoms with van der Waals surface area (Å²) in [5.74, 6) is 1.07. The average Bonchev–Trinajstić information content (AvgIpc) is 2.71. The van der Waals surface area contributed by atoms with Gasteiger partial charge in [-0.1, -0.05) is 5.16 Å². The van der Waals surface area contributed by atoms with Gasteiger partial charge in [-0.05, 0) is 19.4 Å². The van der Waals surface area contributed by atoms with E-state index < -0.39 is 0 Å². The average molecular weight is 194 g/mol. The molecule has 0 radical (unpaired) electrons. The van der Waals surface area contributed by atoms with Crippen molar-refractivity contribution in [2.45, 2.75) is 19.4 Å². The highest BCUT2D eigenvalue weighted by Gasteiger charge is 2.19. The molecular weight excluding hydrogens is 180 g/mol. The van der Waals surface area contributed by atoms with Crippen molar-refractivity contribution < 1.29 is 9.32 Å². The monoisotopic (exact) mass is 194 g/mol. The Balaban J connectivity index is 1.89. The molecule has 76 valence electrons. The quantitative estimate of drug-likeness (QED) is 0.676. The van der Waals surface area contributed by atoms with Crippen LogP contribution in [-0.4, -0.2) is 29.4 Å². The summed E-state index contributed by atoms with van der Waals surface area (Å²) < 4.78 is 5.03. The van der Waals surface area contributed by atoms with Crippen molar-refractivity contribution in [2.75, 3.05) is 13.1 Å².